The Kier molecular flexibility index (Phi) is 3.80. The van der Waals surface area contributed by atoms with Gasteiger partial charge in [0.05, 0.1) is 10.6 Å². The largest absolute Gasteiger partial charge is 0.507 e. The van der Waals surface area contributed by atoms with Crippen LogP contribution in [0.25, 0.3) is 43.6 Å². The second-order valence-electron chi connectivity index (χ2n) is 6.47. The predicted molar refractivity (Wildman–Crippen MR) is 114 cm³/mol. The van der Waals surface area contributed by atoms with Crippen molar-refractivity contribution in [2.24, 2.45) is 0 Å². The van der Waals surface area contributed by atoms with E-state index in [1.807, 2.05) is 24.4 Å². The van der Waals surface area contributed by atoms with Crippen LogP contribution in [0, 0.1) is 0 Å². The lowest BCUT2D eigenvalue weighted by molar-refractivity contribution is 0.477. The molecule has 2 nitrogen and oxygen atoms in total. The van der Waals surface area contributed by atoms with E-state index < -0.39 is 0 Å². The van der Waals surface area contributed by atoms with Gasteiger partial charge in [0.1, 0.15) is 5.75 Å². The molecule has 0 aliphatic heterocycles. The zero-order valence-electron chi connectivity index (χ0n) is 14.5. The molecule has 0 atom stereocenters. The monoisotopic (exact) mass is 367 g/mol. The van der Waals surface area contributed by atoms with Crippen molar-refractivity contribution in [3.05, 3.63) is 90.4 Å². The van der Waals surface area contributed by atoms with Crippen LogP contribution in [0.2, 0.25) is 0 Å². The van der Waals surface area contributed by atoms with E-state index in [1.165, 1.54) is 15.6 Å². The molecule has 0 aliphatic carbocycles. The van der Waals surface area contributed by atoms with E-state index >= 15 is 0 Å². The molecule has 0 bridgehead atoms. The number of aromatic hydroxyl groups is 1. The molecule has 3 aromatic carbocycles. The number of phenolic OH excluding ortho intramolecular Hbond substituents is 1. The number of thiophene rings is 1. The Bertz CT molecular complexity index is 1230. The van der Waals surface area contributed by atoms with Gasteiger partial charge in [-0.1, -0.05) is 66.7 Å². The Morgan fingerprint density at radius 3 is 2.33 bits per heavy atom. The molecular weight excluding hydrogens is 350 g/mol. The van der Waals surface area contributed by atoms with Crippen LogP contribution in [0.5, 0.6) is 5.75 Å². The van der Waals surface area contributed by atoms with Crippen LogP contribution in [0.15, 0.2) is 90.4 Å². The second kappa shape index (κ2) is 6.45. The van der Waals surface area contributed by atoms with Crippen molar-refractivity contribution in [2.75, 3.05) is 0 Å². The minimum Gasteiger partial charge on any atom is -0.507 e. The molecule has 5 aromatic rings. The summed E-state index contributed by atoms with van der Waals surface area (Å²) in [5.74, 6) is 0.288. The number of aromatic amines is 1. The molecule has 0 aliphatic rings. The van der Waals surface area contributed by atoms with Crippen LogP contribution in [0.1, 0.15) is 0 Å². The number of rotatable bonds is 3. The number of H-pyrrole nitrogens is 1. The summed E-state index contributed by atoms with van der Waals surface area (Å²) in [5, 5.41) is 15.0. The Hall–Kier alpha value is -3.30. The van der Waals surface area contributed by atoms with E-state index in [0.29, 0.717) is 0 Å². The zero-order valence-corrected chi connectivity index (χ0v) is 15.3. The summed E-state index contributed by atoms with van der Waals surface area (Å²) in [6.45, 7) is 0. The number of fused-ring (bicyclic) bond motifs is 1. The fourth-order valence-corrected chi connectivity index (χ4v) is 4.42. The maximum atomic E-state index is 10.5. The van der Waals surface area contributed by atoms with Crippen molar-refractivity contribution < 1.29 is 5.11 Å². The van der Waals surface area contributed by atoms with E-state index in [9.17, 15) is 5.11 Å². The van der Waals surface area contributed by atoms with E-state index in [0.717, 1.165) is 27.9 Å². The van der Waals surface area contributed by atoms with E-state index in [2.05, 4.69) is 65.0 Å². The third-order valence-corrected chi connectivity index (χ3v) is 5.79. The minimum absolute atomic E-state index is 0.288. The van der Waals surface area contributed by atoms with Crippen LogP contribution in [0.4, 0.5) is 0 Å². The molecule has 0 spiro atoms. The van der Waals surface area contributed by atoms with Gasteiger partial charge in [-0.15, -0.1) is 11.3 Å². The summed E-state index contributed by atoms with van der Waals surface area (Å²) in [5.41, 5.74) is 5.21. The lowest BCUT2D eigenvalue weighted by atomic mass is 9.92. The molecule has 2 heterocycles. The van der Waals surface area contributed by atoms with Crippen LogP contribution >= 0.6 is 11.3 Å². The number of hydrogen-bond acceptors (Lipinski definition) is 2. The lowest BCUT2D eigenvalue weighted by Crippen LogP contribution is -1.86. The summed E-state index contributed by atoms with van der Waals surface area (Å²) < 4.78 is 0. The van der Waals surface area contributed by atoms with Crippen molar-refractivity contribution >= 4 is 22.1 Å². The zero-order chi connectivity index (χ0) is 18.2. The highest BCUT2D eigenvalue weighted by molar-refractivity contribution is 7.13. The first kappa shape index (κ1) is 15.9. The third-order valence-electron chi connectivity index (χ3n) is 4.90. The standard InChI is InChI=1S/C24H17NOS/c26-21-12-4-3-10-18(21)20-15-25-24(22-13-6-14-27-22)23(20)19-11-5-8-16-7-1-2-9-17(16)19/h1-15,25-26H. The van der Waals surface area contributed by atoms with Gasteiger partial charge < -0.3 is 10.1 Å². The van der Waals surface area contributed by atoms with Crippen LogP contribution in [-0.2, 0) is 0 Å². The molecule has 0 saturated heterocycles. The first-order valence-electron chi connectivity index (χ1n) is 8.84. The second-order valence-corrected chi connectivity index (χ2v) is 7.42. The number of nitrogens with one attached hydrogen (secondary N) is 1. The fourth-order valence-electron chi connectivity index (χ4n) is 3.68. The Morgan fingerprint density at radius 1 is 0.704 bits per heavy atom. The van der Waals surface area contributed by atoms with E-state index in [4.69, 9.17) is 0 Å². The van der Waals surface area contributed by atoms with Gasteiger partial charge in [0.25, 0.3) is 0 Å². The predicted octanol–water partition coefficient (Wildman–Crippen LogP) is 6.94. The summed E-state index contributed by atoms with van der Waals surface area (Å²) in [6, 6.07) is 26.5. The average molecular weight is 367 g/mol. The quantitative estimate of drug-likeness (QED) is 0.356. The van der Waals surface area contributed by atoms with Crippen LogP contribution in [-0.4, -0.2) is 10.1 Å². The van der Waals surface area contributed by atoms with E-state index in [-0.39, 0.29) is 5.75 Å². The van der Waals surface area contributed by atoms with E-state index in [1.54, 1.807) is 17.4 Å². The number of phenols is 1. The summed E-state index contributed by atoms with van der Waals surface area (Å²) in [7, 11) is 0. The van der Waals surface area contributed by atoms with Gasteiger partial charge in [0, 0.05) is 22.9 Å². The molecule has 2 N–H and O–H groups in total. The van der Waals surface area contributed by atoms with Gasteiger partial charge in [0.2, 0.25) is 0 Å². The molecule has 0 saturated carbocycles. The molecular formula is C24H17NOS. The highest BCUT2D eigenvalue weighted by Crippen LogP contribution is 2.45. The van der Waals surface area contributed by atoms with Crippen LogP contribution in [0.3, 0.4) is 0 Å². The SMILES string of the molecule is Oc1ccccc1-c1c[nH]c(-c2cccs2)c1-c1cccc2ccccc12. The van der Waals surface area contributed by atoms with Crippen molar-refractivity contribution in [2.45, 2.75) is 0 Å². The highest BCUT2D eigenvalue weighted by Gasteiger charge is 2.20. The summed E-state index contributed by atoms with van der Waals surface area (Å²) in [6.07, 6.45) is 2.00. The van der Waals surface area contributed by atoms with Crippen molar-refractivity contribution in [1.82, 2.24) is 4.98 Å². The molecule has 0 radical (unpaired) electrons. The molecule has 130 valence electrons. The van der Waals surface area contributed by atoms with Gasteiger partial charge in [-0.2, -0.15) is 0 Å². The Labute approximate surface area is 161 Å². The first-order chi connectivity index (χ1) is 13.3. The number of aromatic nitrogens is 1. The number of benzene rings is 3. The molecule has 0 fully saturated rings. The summed E-state index contributed by atoms with van der Waals surface area (Å²) in [4.78, 5) is 4.65. The van der Waals surface area contributed by atoms with Crippen molar-refractivity contribution in [1.29, 1.82) is 0 Å². The van der Waals surface area contributed by atoms with Crippen molar-refractivity contribution in [3.63, 3.8) is 0 Å². The smallest absolute Gasteiger partial charge is 0.123 e. The Morgan fingerprint density at radius 2 is 1.48 bits per heavy atom. The van der Waals surface area contributed by atoms with Crippen molar-refractivity contribution in [3.8, 4) is 38.6 Å². The molecule has 5 rings (SSSR count). The van der Waals surface area contributed by atoms with Gasteiger partial charge in [0.15, 0.2) is 0 Å². The van der Waals surface area contributed by atoms with Gasteiger partial charge in [-0.05, 0) is 33.8 Å². The minimum atomic E-state index is 0.288. The molecule has 0 unspecified atom stereocenters. The third kappa shape index (κ3) is 2.64. The Balaban J connectivity index is 1.87. The highest BCUT2D eigenvalue weighted by atomic mass is 32.1. The van der Waals surface area contributed by atoms with Gasteiger partial charge in [-0.3, -0.25) is 0 Å². The molecule has 3 heteroatoms. The normalized spacial score (nSPS) is 11.1. The van der Waals surface area contributed by atoms with Gasteiger partial charge >= 0.3 is 0 Å². The first-order valence-corrected chi connectivity index (χ1v) is 9.72. The van der Waals surface area contributed by atoms with Crippen LogP contribution < -0.4 is 0 Å². The fraction of sp³-hybridized carbons (Fsp3) is 0. The topological polar surface area (TPSA) is 36.0 Å². The maximum absolute atomic E-state index is 10.5. The average Bonchev–Trinajstić information content (AvgIpc) is 3.37. The molecule has 27 heavy (non-hydrogen) atoms. The molecule has 0 amide bonds. The molecule has 2 aromatic heterocycles. The lowest BCUT2D eigenvalue weighted by Gasteiger charge is -2.12. The number of hydrogen-bond donors (Lipinski definition) is 2. The van der Waals surface area contributed by atoms with Gasteiger partial charge in [-0.25, -0.2) is 0 Å². The number of para-hydroxylation sites is 1. The maximum Gasteiger partial charge on any atom is 0.123 e. The summed E-state index contributed by atoms with van der Waals surface area (Å²) >= 11 is 1.71.